The molecule has 3 amide bonds. The lowest BCUT2D eigenvalue weighted by Gasteiger charge is -2.17. The number of carbonyl (C=O) groups is 3. The van der Waals surface area contributed by atoms with Gasteiger partial charge in [0.1, 0.15) is 10.9 Å². The summed E-state index contributed by atoms with van der Waals surface area (Å²) < 4.78 is 0.481. The third-order valence-corrected chi connectivity index (χ3v) is 7.90. The number of anilines is 2. The monoisotopic (exact) mass is 521 g/mol. The Bertz CT molecular complexity index is 1250. The molecule has 2 aliphatic heterocycles. The molecule has 8 heteroatoms. The van der Waals surface area contributed by atoms with Crippen LogP contribution in [0.25, 0.3) is 5.57 Å². The van der Waals surface area contributed by atoms with Crippen molar-refractivity contribution < 1.29 is 14.4 Å². The van der Waals surface area contributed by atoms with E-state index in [1.54, 1.807) is 11.0 Å². The zero-order chi connectivity index (χ0) is 25.8. The average molecular weight is 522 g/mol. The minimum absolute atomic E-state index is 0.148. The van der Waals surface area contributed by atoms with Gasteiger partial charge in [-0.1, -0.05) is 86.9 Å². The molecule has 2 heterocycles. The molecule has 0 radical (unpaired) electrons. The van der Waals surface area contributed by atoms with Crippen LogP contribution in [0.1, 0.15) is 55.7 Å². The summed E-state index contributed by atoms with van der Waals surface area (Å²) in [4.78, 5) is 43.3. The van der Waals surface area contributed by atoms with Gasteiger partial charge in [-0.15, -0.1) is 0 Å². The number of nitrogens with zero attached hydrogens (tertiary/aromatic N) is 2. The van der Waals surface area contributed by atoms with Gasteiger partial charge < -0.3 is 5.32 Å². The first kappa shape index (κ1) is 26.1. The highest BCUT2D eigenvalue weighted by atomic mass is 32.2. The second-order valence-corrected chi connectivity index (χ2v) is 10.9. The largest absolute Gasteiger partial charge is 0.324 e. The number of thioether (sulfide) groups is 1. The summed E-state index contributed by atoms with van der Waals surface area (Å²) in [7, 11) is 0. The molecule has 2 aromatic carbocycles. The molecule has 0 saturated carbocycles. The number of thiocarbonyl (C=S) groups is 1. The fourth-order valence-electron chi connectivity index (χ4n) is 4.48. The lowest BCUT2D eigenvalue weighted by atomic mass is 10.1. The molecule has 6 nitrogen and oxygen atoms in total. The first-order valence-electron chi connectivity index (χ1n) is 12.4. The van der Waals surface area contributed by atoms with Crippen LogP contribution in [0.15, 0.2) is 47.4 Å². The summed E-state index contributed by atoms with van der Waals surface area (Å²) in [6.07, 6.45) is 5.40. The number of amides is 3. The molecule has 0 atom stereocenters. The molecule has 1 saturated heterocycles. The minimum atomic E-state index is -0.351. The van der Waals surface area contributed by atoms with E-state index >= 15 is 0 Å². The first-order valence-corrected chi connectivity index (χ1v) is 13.6. The van der Waals surface area contributed by atoms with Crippen LogP contribution in [0.2, 0.25) is 0 Å². The molecular weight excluding hydrogens is 490 g/mol. The Kier molecular flexibility index (Phi) is 8.26. The van der Waals surface area contributed by atoms with Crippen molar-refractivity contribution in [3.8, 4) is 0 Å². The Labute approximate surface area is 222 Å². The standard InChI is InChI=1S/C28H31N3O3S2/c1-4-5-6-7-10-15-30-27(34)25(36-28(30)35)24-20-11-8-9-12-22(20)31(26(24)33)17-23(32)29-21-16-18(2)13-14-19(21)3/h8-9,11-14,16H,4-7,10,15,17H2,1-3H3,(H,29,32). The molecule has 36 heavy (non-hydrogen) atoms. The Morgan fingerprint density at radius 3 is 2.50 bits per heavy atom. The predicted octanol–water partition coefficient (Wildman–Crippen LogP) is 5.83. The summed E-state index contributed by atoms with van der Waals surface area (Å²) in [6, 6.07) is 13.1. The van der Waals surface area contributed by atoms with Crippen LogP contribution >= 0.6 is 24.0 Å². The van der Waals surface area contributed by atoms with Crippen LogP contribution in [0.5, 0.6) is 0 Å². The van der Waals surface area contributed by atoms with Crippen LogP contribution in [-0.2, 0) is 14.4 Å². The SMILES string of the molecule is CCCCCCCN1C(=O)C(=C2C(=O)N(CC(=O)Nc3cc(C)ccc3C)c3ccccc32)SC1=S. The molecule has 188 valence electrons. The maximum atomic E-state index is 13.6. The summed E-state index contributed by atoms with van der Waals surface area (Å²) in [5.41, 5.74) is 4.31. The highest BCUT2D eigenvalue weighted by Crippen LogP contribution is 2.44. The number of aryl methyl sites for hydroxylation is 2. The molecule has 0 spiro atoms. The lowest BCUT2D eigenvalue weighted by Crippen LogP contribution is -2.35. The van der Waals surface area contributed by atoms with E-state index in [2.05, 4.69) is 12.2 Å². The molecule has 1 N–H and O–H groups in total. The summed E-state index contributed by atoms with van der Waals surface area (Å²) in [5, 5.41) is 2.92. The number of fused-ring (bicyclic) bond motifs is 1. The smallest absolute Gasteiger partial charge is 0.267 e. The number of nitrogens with one attached hydrogen (secondary N) is 1. The van der Waals surface area contributed by atoms with E-state index in [-0.39, 0.29) is 24.3 Å². The molecule has 1 fully saturated rings. The van der Waals surface area contributed by atoms with Gasteiger partial charge in [0.05, 0.1) is 16.2 Å². The third-order valence-electron chi connectivity index (χ3n) is 6.45. The van der Waals surface area contributed by atoms with Crippen molar-refractivity contribution in [3.63, 3.8) is 0 Å². The predicted molar refractivity (Wildman–Crippen MR) is 151 cm³/mol. The Morgan fingerprint density at radius 1 is 0.972 bits per heavy atom. The Balaban J connectivity index is 1.55. The summed E-state index contributed by atoms with van der Waals surface area (Å²) in [5.74, 6) is -0.871. The quantitative estimate of drug-likeness (QED) is 0.255. The number of hydrogen-bond donors (Lipinski definition) is 1. The van der Waals surface area contributed by atoms with Crippen LogP contribution in [0.3, 0.4) is 0 Å². The van der Waals surface area contributed by atoms with E-state index in [1.165, 1.54) is 23.1 Å². The molecule has 2 aromatic rings. The average Bonchev–Trinajstić information content (AvgIpc) is 3.28. The molecule has 0 unspecified atom stereocenters. The number of para-hydroxylation sites is 1. The summed E-state index contributed by atoms with van der Waals surface area (Å²) >= 11 is 6.69. The van der Waals surface area contributed by atoms with Crippen molar-refractivity contribution in [2.45, 2.75) is 52.9 Å². The third kappa shape index (κ3) is 5.39. The topological polar surface area (TPSA) is 69.7 Å². The zero-order valence-electron chi connectivity index (χ0n) is 20.9. The number of rotatable bonds is 9. The second kappa shape index (κ2) is 11.4. The Hall–Kier alpha value is -2.97. The molecule has 0 aromatic heterocycles. The maximum Gasteiger partial charge on any atom is 0.267 e. The number of unbranched alkanes of at least 4 members (excludes halogenated alkanes) is 4. The highest BCUT2D eigenvalue weighted by molar-refractivity contribution is 8.26. The minimum Gasteiger partial charge on any atom is -0.324 e. The normalized spacial score (nSPS) is 17.2. The van der Waals surface area contributed by atoms with E-state index < -0.39 is 0 Å². The molecule has 2 aliphatic rings. The lowest BCUT2D eigenvalue weighted by molar-refractivity contribution is -0.122. The van der Waals surface area contributed by atoms with Gasteiger partial charge in [0.25, 0.3) is 11.8 Å². The van der Waals surface area contributed by atoms with Gasteiger partial charge >= 0.3 is 0 Å². The van der Waals surface area contributed by atoms with E-state index in [0.717, 1.165) is 42.5 Å². The van der Waals surface area contributed by atoms with Gasteiger partial charge in [0.2, 0.25) is 5.91 Å². The molecular formula is C28H31N3O3S2. The molecule has 4 rings (SSSR count). The number of benzene rings is 2. The fraction of sp³-hybridized carbons (Fsp3) is 0.357. The van der Waals surface area contributed by atoms with E-state index in [0.29, 0.717) is 32.6 Å². The maximum absolute atomic E-state index is 13.6. The van der Waals surface area contributed by atoms with Crippen molar-refractivity contribution in [1.29, 1.82) is 0 Å². The number of carbonyl (C=O) groups excluding carboxylic acids is 3. The zero-order valence-corrected chi connectivity index (χ0v) is 22.6. The van der Waals surface area contributed by atoms with Gasteiger partial charge in [0, 0.05) is 17.8 Å². The van der Waals surface area contributed by atoms with Gasteiger partial charge in [-0.3, -0.25) is 24.2 Å². The van der Waals surface area contributed by atoms with E-state index in [9.17, 15) is 14.4 Å². The van der Waals surface area contributed by atoms with Crippen LogP contribution in [0, 0.1) is 13.8 Å². The van der Waals surface area contributed by atoms with Gasteiger partial charge in [-0.2, -0.15) is 0 Å². The molecule has 0 aliphatic carbocycles. The van der Waals surface area contributed by atoms with Gasteiger partial charge in [0.15, 0.2) is 0 Å². The molecule has 0 bridgehead atoms. The first-order chi connectivity index (χ1) is 17.3. The van der Waals surface area contributed by atoms with E-state index in [1.807, 2.05) is 50.2 Å². The Morgan fingerprint density at radius 2 is 1.72 bits per heavy atom. The van der Waals surface area contributed by atoms with Crippen molar-refractivity contribution in [3.05, 3.63) is 64.1 Å². The van der Waals surface area contributed by atoms with Crippen LogP contribution < -0.4 is 10.2 Å². The van der Waals surface area contributed by atoms with Gasteiger partial charge in [-0.05, 0) is 43.5 Å². The van der Waals surface area contributed by atoms with Crippen molar-refractivity contribution in [2.75, 3.05) is 23.3 Å². The number of hydrogen-bond acceptors (Lipinski definition) is 5. The van der Waals surface area contributed by atoms with Crippen LogP contribution in [0.4, 0.5) is 11.4 Å². The van der Waals surface area contributed by atoms with E-state index in [4.69, 9.17) is 12.2 Å². The highest BCUT2D eigenvalue weighted by Gasteiger charge is 2.42. The van der Waals surface area contributed by atoms with Crippen molar-refractivity contribution in [1.82, 2.24) is 4.90 Å². The summed E-state index contributed by atoms with van der Waals surface area (Å²) in [6.45, 7) is 6.47. The second-order valence-electron chi connectivity index (χ2n) is 9.22. The van der Waals surface area contributed by atoms with Crippen molar-refractivity contribution in [2.24, 2.45) is 0 Å². The van der Waals surface area contributed by atoms with Crippen LogP contribution in [-0.4, -0.2) is 40.0 Å². The van der Waals surface area contributed by atoms with Crippen molar-refractivity contribution >= 4 is 63.0 Å². The fourth-order valence-corrected chi connectivity index (χ4v) is 5.86. The van der Waals surface area contributed by atoms with Gasteiger partial charge in [-0.25, -0.2) is 0 Å².